The molecule has 0 aliphatic carbocycles. The number of rotatable bonds is 7. The van der Waals surface area contributed by atoms with E-state index in [2.05, 4.69) is 37.1 Å². The number of nitrogens with zero attached hydrogens (tertiary/aromatic N) is 5. The largest absolute Gasteiger partial charge is 0.418 e. The molecule has 0 aliphatic heterocycles. The van der Waals surface area contributed by atoms with E-state index in [4.69, 9.17) is 5.73 Å². The zero-order valence-electron chi connectivity index (χ0n) is 16.4. The van der Waals surface area contributed by atoms with Gasteiger partial charge in [0.25, 0.3) is 0 Å². The number of aromatic amines is 1. The number of alkyl halides is 3. The van der Waals surface area contributed by atoms with Crippen molar-refractivity contribution in [2.75, 3.05) is 13.6 Å². The van der Waals surface area contributed by atoms with Crippen molar-refractivity contribution in [1.82, 2.24) is 24.9 Å². The first-order chi connectivity index (χ1) is 14.4. The van der Waals surface area contributed by atoms with E-state index in [9.17, 15) is 13.2 Å². The van der Waals surface area contributed by atoms with Gasteiger partial charge in [0, 0.05) is 31.6 Å². The number of allylic oxidation sites excluding steroid dienone is 1. The van der Waals surface area contributed by atoms with Crippen molar-refractivity contribution in [3.8, 4) is 0 Å². The van der Waals surface area contributed by atoms with Crippen LogP contribution in [0.25, 0.3) is 5.52 Å². The number of nitrogens with one attached hydrogen (secondary N) is 2. The lowest BCUT2D eigenvalue weighted by Crippen LogP contribution is -2.11. The van der Waals surface area contributed by atoms with Gasteiger partial charge in [-0.05, 0) is 32.0 Å². The fraction of sp³-hybridized carbons (Fsp3) is 0.263. The van der Waals surface area contributed by atoms with E-state index in [1.807, 2.05) is 7.05 Å². The average molecular weight is 420 g/mol. The zero-order valence-corrected chi connectivity index (χ0v) is 16.4. The molecular formula is C19H23F3N8. The van der Waals surface area contributed by atoms with Crippen LogP contribution < -0.4 is 11.1 Å². The molecule has 0 aromatic carbocycles. The van der Waals surface area contributed by atoms with Gasteiger partial charge in [-0.3, -0.25) is 9.98 Å². The summed E-state index contributed by atoms with van der Waals surface area (Å²) >= 11 is 0. The number of H-pyrrole nitrogens is 1. The number of hydrogen-bond acceptors (Lipinski definition) is 6. The second-order valence-electron chi connectivity index (χ2n) is 6.04. The van der Waals surface area contributed by atoms with Crippen LogP contribution in [0.2, 0.25) is 0 Å². The minimum absolute atomic E-state index is 0.0787. The van der Waals surface area contributed by atoms with Crippen molar-refractivity contribution in [2.45, 2.75) is 19.1 Å². The normalized spacial score (nSPS) is 12.2. The third-order valence-corrected chi connectivity index (χ3v) is 3.89. The highest BCUT2D eigenvalue weighted by Crippen LogP contribution is 2.31. The Labute approximate surface area is 171 Å². The summed E-state index contributed by atoms with van der Waals surface area (Å²) in [4.78, 5) is 15.1. The highest BCUT2D eigenvalue weighted by atomic mass is 19.4. The molecule has 0 saturated heterocycles. The topological polar surface area (TPSA) is 109 Å². The Morgan fingerprint density at radius 1 is 1.40 bits per heavy atom. The summed E-state index contributed by atoms with van der Waals surface area (Å²) in [5, 5.41) is 6.79. The molecule has 3 rings (SSSR count). The van der Waals surface area contributed by atoms with E-state index in [1.54, 1.807) is 12.5 Å². The lowest BCUT2D eigenvalue weighted by Gasteiger charge is -2.07. The maximum atomic E-state index is 12.4. The zero-order chi connectivity index (χ0) is 22.0. The molecule has 0 atom stereocenters. The monoisotopic (exact) mass is 420 g/mol. The summed E-state index contributed by atoms with van der Waals surface area (Å²) in [6.07, 6.45) is 4.08. The molecule has 0 radical (unpaired) electrons. The van der Waals surface area contributed by atoms with Gasteiger partial charge in [0.1, 0.15) is 0 Å². The molecule has 11 heteroatoms. The van der Waals surface area contributed by atoms with Crippen molar-refractivity contribution in [3.05, 3.63) is 65.8 Å². The maximum Gasteiger partial charge on any atom is 0.418 e. The van der Waals surface area contributed by atoms with Crippen LogP contribution in [0.1, 0.15) is 17.0 Å². The molecule has 0 amide bonds. The first-order valence-corrected chi connectivity index (χ1v) is 8.93. The summed E-state index contributed by atoms with van der Waals surface area (Å²) in [5.74, 6) is 0. The Kier molecular flexibility index (Phi) is 8.29. The summed E-state index contributed by atoms with van der Waals surface area (Å²) in [7, 11) is 1.91. The number of likely N-dealkylation sites (N-methyl/N-ethyl adjacent to an activating group) is 1. The Balaban J connectivity index is 0.000000220. The van der Waals surface area contributed by atoms with Crippen LogP contribution in [0.4, 0.5) is 13.2 Å². The van der Waals surface area contributed by atoms with Crippen LogP contribution in [-0.2, 0) is 19.1 Å². The van der Waals surface area contributed by atoms with E-state index < -0.39 is 11.7 Å². The van der Waals surface area contributed by atoms with Crippen molar-refractivity contribution in [2.24, 2.45) is 15.7 Å². The Morgan fingerprint density at radius 3 is 2.90 bits per heavy atom. The number of hydrogen-bond donors (Lipinski definition) is 3. The summed E-state index contributed by atoms with van der Waals surface area (Å²) in [6.45, 7) is 4.74. The second-order valence-corrected chi connectivity index (χ2v) is 6.04. The smallest absolute Gasteiger partial charge is 0.396 e. The van der Waals surface area contributed by atoms with Gasteiger partial charge >= 0.3 is 6.18 Å². The van der Waals surface area contributed by atoms with Gasteiger partial charge in [-0.15, -0.1) is 0 Å². The van der Waals surface area contributed by atoms with Gasteiger partial charge in [-0.25, -0.2) is 9.50 Å². The maximum absolute atomic E-state index is 12.4. The number of halogens is 3. The highest BCUT2D eigenvalue weighted by Gasteiger charge is 2.32. The fourth-order valence-electron chi connectivity index (χ4n) is 2.52. The number of aromatic nitrogens is 4. The van der Waals surface area contributed by atoms with Crippen LogP contribution >= 0.6 is 0 Å². The molecule has 30 heavy (non-hydrogen) atoms. The van der Waals surface area contributed by atoms with Gasteiger partial charge in [-0.2, -0.15) is 18.3 Å². The first-order valence-electron chi connectivity index (χ1n) is 8.93. The number of nitrogens with two attached hydrogens (primary N) is 1. The molecule has 3 aromatic heterocycles. The molecule has 0 bridgehead atoms. The van der Waals surface area contributed by atoms with E-state index in [-0.39, 0.29) is 5.52 Å². The van der Waals surface area contributed by atoms with Gasteiger partial charge in [0.05, 0.1) is 47.2 Å². The second kappa shape index (κ2) is 10.9. The van der Waals surface area contributed by atoms with Gasteiger partial charge in [0.2, 0.25) is 0 Å². The van der Waals surface area contributed by atoms with Crippen LogP contribution in [-0.4, -0.2) is 46.1 Å². The molecule has 0 spiro atoms. The Bertz CT molecular complexity index is 1000. The average Bonchev–Trinajstić information content (AvgIpc) is 3.35. The molecular weight excluding hydrogens is 397 g/mol. The third-order valence-electron chi connectivity index (χ3n) is 3.89. The highest BCUT2D eigenvalue weighted by molar-refractivity contribution is 5.77. The van der Waals surface area contributed by atoms with Crippen LogP contribution in [0.3, 0.4) is 0 Å². The van der Waals surface area contributed by atoms with E-state index in [1.165, 1.54) is 35.2 Å². The molecule has 0 saturated carbocycles. The van der Waals surface area contributed by atoms with Crippen molar-refractivity contribution < 1.29 is 13.2 Å². The molecule has 4 N–H and O–H groups in total. The van der Waals surface area contributed by atoms with Crippen LogP contribution in [0.5, 0.6) is 0 Å². The van der Waals surface area contributed by atoms with Gasteiger partial charge in [-0.1, -0.05) is 0 Å². The Morgan fingerprint density at radius 2 is 2.20 bits per heavy atom. The van der Waals surface area contributed by atoms with Crippen molar-refractivity contribution >= 4 is 18.4 Å². The number of fused-ring (bicyclic) bond motifs is 1. The van der Waals surface area contributed by atoms with Crippen LogP contribution in [0, 0.1) is 0 Å². The van der Waals surface area contributed by atoms with E-state index in [0.717, 1.165) is 30.4 Å². The van der Waals surface area contributed by atoms with Crippen molar-refractivity contribution in [1.29, 1.82) is 0 Å². The quantitative estimate of drug-likeness (QED) is 0.511. The molecule has 0 aliphatic rings. The molecule has 160 valence electrons. The van der Waals surface area contributed by atoms with Gasteiger partial charge in [0.15, 0.2) is 0 Å². The number of pyridine rings is 1. The SMILES string of the molecule is C=N/C=C(/N)C=NCc1[nH]cnc1CCNC.FC(F)(F)c1cccn2nccc12. The van der Waals surface area contributed by atoms with Gasteiger partial charge < -0.3 is 16.0 Å². The third kappa shape index (κ3) is 6.55. The number of aliphatic imine (C=N–C) groups is 2. The van der Waals surface area contributed by atoms with E-state index >= 15 is 0 Å². The lowest BCUT2D eigenvalue weighted by atomic mass is 10.2. The standard InChI is InChI=1S/C11H18N6.C8H5F3N2/c1-13-4-3-10-11(17-8-16-10)7-15-6-9(12)5-14-2;9-8(10,11)6-2-1-5-13-7(6)3-4-12-13/h5-6,8,13H,2-4,7,12H2,1H3,(H,16,17);1-5H/b9-5+,15-6?;. The van der Waals surface area contributed by atoms with Crippen LogP contribution in [0.15, 0.2) is 58.8 Å². The predicted octanol–water partition coefficient (Wildman–Crippen LogP) is 2.60. The predicted molar refractivity (Wildman–Crippen MR) is 110 cm³/mol. The number of imidazole rings is 1. The molecule has 0 unspecified atom stereocenters. The molecule has 0 fully saturated rings. The fourth-order valence-corrected chi connectivity index (χ4v) is 2.52. The van der Waals surface area contributed by atoms with Crippen molar-refractivity contribution in [3.63, 3.8) is 0 Å². The Hall–Kier alpha value is -3.47. The summed E-state index contributed by atoms with van der Waals surface area (Å²) in [6, 6.07) is 3.70. The lowest BCUT2D eigenvalue weighted by molar-refractivity contribution is -0.136. The molecule has 3 heterocycles. The molecule has 8 nitrogen and oxygen atoms in total. The summed E-state index contributed by atoms with van der Waals surface area (Å²) in [5.41, 5.74) is 7.52. The molecule has 3 aromatic rings. The first kappa shape index (κ1) is 22.8. The minimum atomic E-state index is -4.32. The summed E-state index contributed by atoms with van der Waals surface area (Å²) < 4.78 is 38.3. The minimum Gasteiger partial charge on any atom is -0.396 e. The van der Waals surface area contributed by atoms with E-state index in [0.29, 0.717) is 12.2 Å².